The minimum absolute atomic E-state index is 0.119. The van der Waals surface area contributed by atoms with Gasteiger partial charge in [0.1, 0.15) is 0 Å². The summed E-state index contributed by atoms with van der Waals surface area (Å²) in [4.78, 5) is 10.8. The van der Waals surface area contributed by atoms with Crippen LogP contribution in [0, 0.1) is 6.92 Å². The highest BCUT2D eigenvalue weighted by Gasteiger charge is 2.08. The third-order valence-electron chi connectivity index (χ3n) is 2.64. The summed E-state index contributed by atoms with van der Waals surface area (Å²) in [5, 5.41) is 16.5. The second-order valence-corrected chi connectivity index (χ2v) is 5.08. The van der Waals surface area contributed by atoms with Gasteiger partial charge in [0, 0.05) is 12.2 Å². The number of aryl methyl sites for hydroxylation is 1. The number of carboxylic acids is 1. The molecular weight excluding hydrogens is 270 g/mol. The van der Waals surface area contributed by atoms with E-state index < -0.39 is 5.97 Å². The number of carboxylic acid groups (broad SMARTS) is 1. The zero-order valence-electron chi connectivity index (χ0n) is 9.74. The molecule has 2 rings (SSSR count). The maximum atomic E-state index is 10.8. The van der Waals surface area contributed by atoms with Crippen molar-refractivity contribution in [2.24, 2.45) is 0 Å². The smallest absolute Gasteiger partial charge is 0.337 e. The topological polar surface area (TPSA) is 49.3 Å². The van der Waals surface area contributed by atoms with Crippen molar-refractivity contribution in [3.63, 3.8) is 0 Å². The lowest BCUT2D eigenvalue weighted by Gasteiger charge is -2.07. The molecule has 0 radical (unpaired) electrons. The van der Waals surface area contributed by atoms with Gasteiger partial charge in [-0.1, -0.05) is 11.6 Å². The van der Waals surface area contributed by atoms with E-state index >= 15 is 0 Å². The number of anilines is 1. The van der Waals surface area contributed by atoms with Crippen molar-refractivity contribution in [3.8, 4) is 0 Å². The van der Waals surface area contributed by atoms with E-state index in [1.54, 1.807) is 23.5 Å². The number of carbonyl (C=O) groups is 1. The van der Waals surface area contributed by atoms with Crippen LogP contribution in [-0.2, 0) is 6.54 Å². The van der Waals surface area contributed by atoms with Crippen LogP contribution in [0.5, 0.6) is 0 Å². The first kappa shape index (κ1) is 12.9. The van der Waals surface area contributed by atoms with Crippen molar-refractivity contribution in [1.82, 2.24) is 0 Å². The van der Waals surface area contributed by atoms with Crippen LogP contribution in [0.1, 0.15) is 21.5 Å². The Labute approximate surface area is 114 Å². The Morgan fingerprint density at radius 3 is 2.78 bits per heavy atom. The molecule has 0 amide bonds. The van der Waals surface area contributed by atoms with Crippen LogP contribution in [0.25, 0.3) is 0 Å². The van der Waals surface area contributed by atoms with E-state index in [2.05, 4.69) is 23.0 Å². The number of benzene rings is 1. The summed E-state index contributed by atoms with van der Waals surface area (Å²) in [7, 11) is 0. The highest BCUT2D eigenvalue weighted by molar-refractivity contribution is 7.08. The van der Waals surface area contributed by atoms with Crippen LogP contribution in [0.15, 0.2) is 29.0 Å². The third kappa shape index (κ3) is 2.83. The molecule has 0 saturated carbocycles. The average Bonchev–Trinajstić information content (AvgIpc) is 2.72. The number of halogens is 1. The van der Waals surface area contributed by atoms with Gasteiger partial charge >= 0.3 is 5.97 Å². The molecular formula is C13H12ClNO2S. The quantitative estimate of drug-likeness (QED) is 0.890. The number of nitrogens with one attached hydrogen (secondary N) is 1. The van der Waals surface area contributed by atoms with Crippen molar-refractivity contribution in [2.75, 3.05) is 5.32 Å². The fourth-order valence-electron chi connectivity index (χ4n) is 1.56. The van der Waals surface area contributed by atoms with E-state index in [-0.39, 0.29) is 10.6 Å². The summed E-state index contributed by atoms with van der Waals surface area (Å²) in [5.74, 6) is -1.01. The molecule has 2 aromatic rings. The molecule has 0 aliphatic carbocycles. The predicted octanol–water partition coefficient (Wildman–Crippen LogP) is 4.02. The first-order valence-electron chi connectivity index (χ1n) is 5.36. The summed E-state index contributed by atoms with van der Waals surface area (Å²) in [5.41, 5.74) is 3.42. The van der Waals surface area contributed by atoms with Gasteiger partial charge in [0.2, 0.25) is 0 Å². The maximum Gasteiger partial charge on any atom is 0.337 e. The molecule has 18 heavy (non-hydrogen) atoms. The van der Waals surface area contributed by atoms with Crippen LogP contribution in [-0.4, -0.2) is 11.1 Å². The lowest BCUT2D eigenvalue weighted by atomic mass is 10.2. The summed E-state index contributed by atoms with van der Waals surface area (Å²) < 4.78 is 0. The van der Waals surface area contributed by atoms with E-state index in [4.69, 9.17) is 16.7 Å². The SMILES string of the molecule is Cc1cscc1CNc1ccc(C(=O)O)c(Cl)c1. The zero-order valence-corrected chi connectivity index (χ0v) is 11.3. The minimum Gasteiger partial charge on any atom is -0.478 e. The Bertz CT molecular complexity index is 580. The van der Waals surface area contributed by atoms with Crippen molar-refractivity contribution < 1.29 is 9.90 Å². The molecule has 0 unspecified atom stereocenters. The minimum atomic E-state index is -1.01. The molecule has 0 aliphatic heterocycles. The molecule has 5 heteroatoms. The van der Waals surface area contributed by atoms with Gasteiger partial charge in [-0.25, -0.2) is 4.79 Å². The summed E-state index contributed by atoms with van der Waals surface area (Å²) >= 11 is 7.56. The standard InChI is InChI=1S/C13H12ClNO2S/c1-8-6-18-7-9(8)5-15-10-2-3-11(13(16)17)12(14)4-10/h2-4,6-7,15H,5H2,1H3,(H,16,17). The fourth-order valence-corrected chi connectivity index (χ4v) is 2.68. The van der Waals surface area contributed by atoms with E-state index in [9.17, 15) is 4.79 Å². The zero-order chi connectivity index (χ0) is 13.1. The predicted molar refractivity (Wildman–Crippen MR) is 74.8 cm³/mol. The number of aromatic carboxylic acids is 1. The number of hydrogen-bond acceptors (Lipinski definition) is 3. The molecule has 0 bridgehead atoms. The highest BCUT2D eigenvalue weighted by Crippen LogP contribution is 2.22. The molecule has 2 N–H and O–H groups in total. The fraction of sp³-hybridized carbons (Fsp3) is 0.154. The molecule has 0 aliphatic rings. The first-order valence-corrected chi connectivity index (χ1v) is 6.68. The Kier molecular flexibility index (Phi) is 3.89. The lowest BCUT2D eigenvalue weighted by Crippen LogP contribution is -2.02. The van der Waals surface area contributed by atoms with Gasteiger partial charge in [-0.15, -0.1) is 0 Å². The normalized spacial score (nSPS) is 10.3. The molecule has 1 aromatic heterocycles. The molecule has 3 nitrogen and oxygen atoms in total. The Morgan fingerprint density at radius 1 is 1.44 bits per heavy atom. The van der Waals surface area contributed by atoms with E-state index in [1.807, 2.05) is 0 Å². The van der Waals surface area contributed by atoms with E-state index in [0.29, 0.717) is 6.54 Å². The van der Waals surface area contributed by atoms with Crippen LogP contribution in [0.4, 0.5) is 5.69 Å². The average molecular weight is 282 g/mol. The van der Waals surface area contributed by atoms with Gasteiger partial charge in [-0.2, -0.15) is 11.3 Å². The van der Waals surface area contributed by atoms with Crippen molar-refractivity contribution in [3.05, 3.63) is 50.7 Å². The van der Waals surface area contributed by atoms with Gasteiger partial charge in [-0.05, 0) is 47.0 Å². The summed E-state index contributed by atoms with van der Waals surface area (Å²) in [6.45, 7) is 2.77. The molecule has 0 spiro atoms. The van der Waals surface area contributed by atoms with Crippen molar-refractivity contribution in [2.45, 2.75) is 13.5 Å². The second kappa shape index (κ2) is 5.42. The third-order valence-corrected chi connectivity index (χ3v) is 3.87. The van der Waals surface area contributed by atoms with Crippen LogP contribution in [0.2, 0.25) is 5.02 Å². The van der Waals surface area contributed by atoms with Crippen LogP contribution < -0.4 is 5.32 Å². The molecule has 0 saturated heterocycles. The van der Waals surface area contributed by atoms with Crippen molar-refractivity contribution in [1.29, 1.82) is 0 Å². The Hall–Kier alpha value is -1.52. The highest BCUT2D eigenvalue weighted by atomic mass is 35.5. The van der Waals surface area contributed by atoms with Crippen LogP contribution in [0.3, 0.4) is 0 Å². The molecule has 1 aromatic carbocycles. The van der Waals surface area contributed by atoms with Crippen molar-refractivity contribution >= 4 is 34.6 Å². The maximum absolute atomic E-state index is 10.8. The second-order valence-electron chi connectivity index (χ2n) is 3.93. The Morgan fingerprint density at radius 2 is 2.22 bits per heavy atom. The van der Waals surface area contributed by atoms with E-state index in [1.165, 1.54) is 17.2 Å². The van der Waals surface area contributed by atoms with Gasteiger partial charge in [0.25, 0.3) is 0 Å². The van der Waals surface area contributed by atoms with Crippen LogP contribution >= 0.6 is 22.9 Å². The molecule has 0 atom stereocenters. The van der Waals surface area contributed by atoms with Gasteiger partial charge in [0.05, 0.1) is 10.6 Å². The number of hydrogen-bond donors (Lipinski definition) is 2. The summed E-state index contributed by atoms with van der Waals surface area (Å²) in [6.07, 6.45) is 0. The largest absolute Gasteiger partial charge is 0.478 e. The molecule has 94 valence electrons. The summed E-state index contributed by atoms with van der Waals surface area (Å²) in [6, 6.07) is 4.86. The number of rotatable bonds is 4. The first-order chi connectivity index (χ1) is 8.58. The van der Waals surface area contributed by atoms with Gasteiger partial charge < -0.3 is 10.4 Å². The molecule has 0 fully saturated rings. The lowest BCUT2D eigenvalue weighted by molar-refractivity contribution is 0.0697. The van der Waals surface area contributed by atoms with Gasteiger partial charge in [0.15, 0.2) is 0 Å². The number of thiophene rings is 1. The van der Waals surface area contributed by atoms with Gasteiger partial charge in [-0.3, -0.25) is 0 Å². The monoisotopic (exact) mass is 281 g/mol. The Balaban J connectivity index is 2.09. The molecule has 1 heterocycles. The van der Waals surface area contributed by atoms with E-state index in [0.717, 1.165) is 5.69 Å².